The second-order valence-corrected chi connectivity index (χ2v) is 4.93. The summed E-state index contributed by atoms with van der Waals surface area (Å²) < 4.78 is 5.11. The highest BCUT2D eigenvalue weighted by atomic mass is 16.6. The van der Waals surface area contributed by atoms with Crippen LogP contribution in [0.1, 0.15) is 20.8 Å². The topological polar surface area (TPSA) is 87.1 Å². The molecule has 0 radical (unpaired) electrons. The molecule has 0 spiro atoms. The number of carbonyl (C=O) groups excluding carboxylic acids is 1. The maximum Gasteiger partial charge on any atom is 0.410 e. The lowest BCUT2D eigenvalue weighted by molar-refractivity contribution is -0.133. The van der Waals surface area contributed by atoms with Gasteiger partial charge in [-0.15, -0.1) is 0 Å². The molecule has 1 heterocycles. The number of carboxylic acids is 1. The Hall–Kier alpha value is -1.56. The van der Waals surface area contributed by atoms with E-state index in [9.17, 15) is 14.7 Å². The number of hydrogen-bond acceptors (Lipinski definition) is 4. The van der Waals surface area contributed by atoms with Crippen LogP contribution in [0, 0.1) is 0 Å². The van der Waals surface area contributed by atoms with E-state index in [1.165, 1.54) is 11.0 Å². The number of aliphatic hydroxyl groups is 1. The minimum absolute atomic E-state index is 0.00499. The molecule has 1 aliphatic heterocycles. The Morgan fingerprint density at radius 1 is 1.47 bits per heavy atom. The van der Waals surface area contributed by atoms with Crippen LogP contribution in [0.2, 0.25) is 0 Å². The van der Waals surface area contributed by atoms with Gasteiger partial charge in [-0.2, -0.15) is 0 Å². The van der Waals surface area contributed by atoms with Gasteiger partial charge in [-0.3, -0.25) is 0 Å². The molecule has 1 amide bonds. The fourth-order valence-electron chi connectivity index (χ4n) is 1.44. The lowest BCUT2D eigenvalue weighted by Crippen LogP contribution is -2.45. The first-order chi connectivity index (χ1) is 7.69. The van der Waals surface area contributed by atoms with Gasteiger partial charge >= 0.3 is 12.1 Å². The number of carbonyl (C=O) groups is 2. The summed E-state index contributed by atoms with van der Waals surface area (Å²) in [7, 11) is 0. The summed E-state index contributed by atoms with van der Waals surface area (Å²) in [4.78, 5) is 23.7. The van der Waals surface area contributed by atoms with Crippen molar-refractivity contribution in [3.63, 3.8) is 0 Å². The minimum Gasteiger partial charge on any atom is -0.478 e. The van der Waals surface area contributed by atoms with Crippen molar-refractivity contribution >= 4 is 12.1 Å². The molecule has 0 aromatic carbocycles. The summed E-state index contributed by atoms with van der Waals surface area (Å²) >= 11 is 0. The number of rotatable bonds is 1. The van der Waals surface area contributed by atoms with E-state index >= 15 is 0 Å². The quantitative estimate of drug-likeness (QED) is 0.704. The standard InChI is InChI=1S/C11H17NO5/c1-11(2,3)17-10(16)12-5-7(9(14)15)4-8(13)6-12/h4,8,13H,5-6H2,1-3H3,(H,14,15). The molecule has 2 N–H and O–H groups in total. The van der Waals surface area contributed by atoms with E-state index in [1.807, 2.05) is 0 Å². The first kappa shape index (κ1) is 13.5. The summed E-state index contributed by atoms with van der Waals surface area (Å²) in [5.74, 6) is -1.14. The predicted octanol–water partition coefficient (Wildman–Crippen LogP) is 0.609. The summed E-state index contributed by atoms with van der Waals surface area (Å²) in [6.45, 7) is 5.16. The molecule has 0 aliphatic carbocycles. The number of aliphatic carboxylic acids is 1. The van der Waals surface area contributed by atoms with Gasteiger partial charge in [-0.05, 0) is 26.8 Å². The monoisotopic (exact) mass is 243 g/mol. The number of amides is 1. The highest BCUT2D eigenvalue weighted by Crippen LogP contribution is 2.15. The molecule has 6 heteroatoms. The molecule has 1 aliphatic rings. The van der Waals surface area contributed by atoms with Gasteiger partial charge in [0.2, 0.25) is 0 Å². The molecule has 0 saturated heterocycles. The van der Waals surface area contributed by atoms with Gasteiger partial charge in [0.25, 0.3) is 0 Å². The van der Waals surface area contributed by atoms with Crippen molar-refractivity contribution in [2.45, 2.75) is 32.5 Å². The smallest absolute Gasteiger partial charge is 0.410 e. The van der Waals surface area contributed by atoms with Crippen molar-refractivity contribution in [3.8, 4) is 0 Å². The zero-order chi connectivity index (χ0) is 13.2. The number of carboxylic acid groups (broad SMARTS) is 1. The summed E-state index contributed by atoms with van der Waals surface area (Å²) in [5, 5.41) is 18.3. The Kier molecular flexibility index (Phi) is 3.77. The maximum atomic E-state index is 11.7. The van der Waals surface area contributed by atoms with Crippen molar-refractivity contribution in [2.75, 3.05) is 13.1 Å². The van der Waals surface area contributed by atoms with Gasteiger partial charge in [0.15, 0.2) is 0 Å². The molecule has 0 bridgehead atoms. The number of aliphatic hydroxyl groups excluding tert-OH is 1. The lowest BCUT2D eigenvalue weighted by Gasteiger charge is -2.31. The van der Waals surface area contributed by atoms with Crippen LogP contribution in [-0.2, 0) is 9.53 Å². The highest BCUT2D eigenvalue weighted by molar-refractivity contribution is 5.88. The zero-order valence-electron chi connectivity index (χ0n) is 10.1. The van der Waals surface area contributed by atoms with Crippen molar-refractivity contribution in [1.29, 1.82) is 0 Å². The maximum absolute atomic E-state index is 11.7. The molecule has 6 nitrogen and oxygen atoms in total. The minimum atomic E-state index is -1.14. The SMILES string of the molecule is CC(C)(C)OC(=O)N1CC(C(=O)O)=CC(O)C1. The van der Waals surface area contributed by atoms with E-state index in [0.29, 0.717) is 0 Å². The van der Waals surface area contributed by atoms with E-state index in [0.717, 1.165) is 0 Å². The fraction of sp³-hybridized carbons (Fsp3) is 0.636. The van der Waals surface area contributed by atoms with Gasteiger partial charge in [0, 0.05) is 0 Å². The van der Waals surface area contributed by atoms with Gasteiger partial charge in [-0.1, -0.05) is 0 Å². The van der Waals surface area contributed by atoms with Crippen LogP contribution in [0.4, 0.5) is 4.79 Å². The summed E-state index contributed by atoms with van der Waals surface area (Å²) in [6, 6.07) is 0. The predicted molar refractivity (Wildman–Crippen MR) is 59.5 cm³/mol. The molecular weight excluding hydrogens is 226 g/mol. The summed E-state index contributed by atoms with van der Waals surface area (Å²) in [6.07, 6.45) is -0.353. The molecule has 0 aromatic rings. The molecule has 0 fully saturated rings. The number of β-amino-alcohol motifs (C(OH)–C–C–N with tert-alkyl or cyclic N) is 1. The molecule has 0 saturated carbocycles. The van der Waals surface area contributed by atoms with Gasteiger partial charge in [0.05, 0.1) is 24.8 Å². The second kappa shape index (κ2) is 4.75. The Morgan fingerprint density at radius 3 is 2.53 bits per heavy atom. The summed E-state index contributed by atoms with van der Waals surface area (Å²) in [5.41, 5.74) is -0.651. The molecular formula is C11H17NO5. The first-order valence-electron chi connectivity index (χ1n) is 5.29. The van der Waals surface area contributed by atoms with Crippen LogP contribution < -0.4 is 0 Å². The Balaban J connectivity index is 2.72. The van der Waals surface area contributed by atoms with Crippen LogP contribution in [0.15, 0.2) is 11.6 Å². The van der Waals surface area contributed by atoms with E-state index in [2.05, 4.69) is 0 Å². The van der Waals surface area contributed by atoms with Crippen LogP contribution in [-0.4, -0.2) is 52.0 Å². The largest absolute Gasteiger partial charge is 0.478 e. The third-order valence-corrected chi connectivity index (χ3v) is 2.09. The van der Waals surface area contributed by atoms with Crippen molar-refractivity contribution in [1.82, 2.24) is 4.90 Å². The van der Waals surface area contributed by atoms with Gasteiger partial charge in [0.1, 0.15) is 5.60 Å². The van der Waals surface area contributed by atoms with Crippen molar-refractivity contribution in [3.05, 3.63) is 11.6 Å². The lowest BCUT2D eigenvalue weighted by atomic mass is 10.1. The third-order valence-electron chi connectivity index (χ3n) is 2.09. The fourth-order valence-corrected chi connectivity index (χ4v) is 1.44. The Morgan fingerprint density at radius 2 is 2.06 bits per heavy atom. The molecule has 1 unspecified atom stereocenters. The second-order valence-electron chi connectivity index (χ2n) is 4.93. The third kappa shape index (κ3) is 4.07. The van der Waals surface area contributed by atoms with E-state index < -0.39 is 23.8 Å². The zero-order valence-corrected chi connectivity index (χ0v) is 10.1. The molecule has 96 valence electrons. The van der Waals surface area contributed by atoms with Gasteiger partial charge < -0.3 is 19.8 Å². The van der Waals surface area contributed by atoms with Crippen LogP contribution in [0.3, 0.4) is 0 Å². The van der Waals surface area contributed by atoms with Crippen LogP contribution >= 0.6 is 0 Å². The van der Waals surface area contributed by atoms with E-state index in [1.54, 1.807) is 20.8 Å². The molecule has 17 heavy (non-hydrogen) atoms. The number of hydrogen-bond donors (Lipinski definition) is 2. The van der Waals surface area contributed by atoms with Gasteiger partial charge in [-0.25, -0.2) is 9.59 Å². The molecule has 0 aromatic heterocycles. The average Bonchev–Trinajstić information content (AvgIpc) is 2.13. The Labute approximate surface area is 99.5 Å². The number of nitrogens with zero attached hydrogens (tertiary/aromatic N) is 1. The van der Waals surface area contributed by atoms with E-state index in [4.69, 9.17) is 9.84 Å². The normalized spacial score (nSPS) is 20.8. The van der Waals surface area contributed by atoms with E-state index in [-0.39, 0.29) is 18.7 Å². The number of ether oxygens (including phenoxy) is 1. The van der Waals surface area contributed by atoms with Crippen molar-refractivity contribution < 1.29 is 24.5 Å². The Bertz CT molecular complexity index is 355. The molecule has 1 atom stereocenters. The van der Waals surface area contributed by atoms with Crippen LogP contribution in [0.25, 0.3) is 0 Å². The highest BCUT2D eigenvalue weighted by Gasteiger charge is 2.29. The first-order valence-corrected chi connectivity index (χ1v) is 5.29. The van der Waals surface area contributed by atoms with Crippen LogP contribution in [0.5, 0.6) is 0 Å². The average molecular weight is 243 g/mol. The van der Waals surface area contributed by atoms with Crippen molar-refractivity contribution in [2.24, 2.45) is 0 Å². The molecule has 1 rings (SSSR count).